The Labute approximate surface area is 143 Å². The van der Waals surface area contributed by atoms with Crippen LogP contribution in [-0.2, 0) is 6.73 Å². The topological polar surface area (TPSA) is 94.6 Å². The zero-order valence-electron chi connectivity index (χ0n) is 13.1. The molecule has 25 heavy (non-hydrogen) atoms. The molecule has 1 N–H and O–H groups in total. The summed E-state index contributed by atoms with van der Waals surface area (Å²) in [5.41, 5.74) is 4.68. The fourth-order valence-electron chi connectivity index (χ4n) is 2.04. The van der Waals surface area contributed by atoms with E-state index in [1.165, 1.54) is 16.9 Å². The van der Waals surface area contributed by atoms with Crippen molar-refractivity contribution in [2.24, 2.45) is 5.10 Å². The third-order valence-corrected chi connectivity index (χ3v) is 3.22. The van der Waals surface area contributed by atoms with Crippen LogP contribution in [0.15, 0.2) is 72.0 Å². The molecule has 0 aliphatic rings. The summed E-state index contributed by atoms with van der Waals surface area (Å²) in [5.74, 6) is 0.401. The predicted octanol–water partition coefficient (Wildman–Crippen LogP) is 3.27. The van der Waals surface area contributed by atoms with E-state index in [1.807, 2.05) is 48.5 Å². The summed E-state index contributed by atoms with van der Waals surface area (Å²) in [7, 11) is 0. The minimum atomic E-state index is -0.548. The highest BCUT2D eigenvalue weighted by Crippen LogP contribution is 2.14. The lowest BCUT2D eigenvalue weighted by atomic mass is 10.2. The van der Waals surface area contributed by atoms with Crippen LogP contribution in [0, 0.1) is 10.1 Å². The number of nitrogens with one attached hydrogen (secondary N) is 1. The summed E-state index contributed by atoms with van der Waals surface area (Å²) in [6.45, 7) is 0.0801. The first-order valence-corrected chi connectivity index (χ1v) is 7.45. The fraction of sp³-hybridized carbons (Fsp3) is 0.0588. The number of rotatable bonds is 7. The lowest BCUT2D eigenvalue weighted by Gasteiger charge is -2.05. The van der Waals surface area contributed by atoms with Gasteiger partial charge in [-0.3, -0.25) is 5.43 Å². The molecule has 0 radical (unpaired) electrons. The van der Waals surface area contributed by atoms with Crippen LogP contribution in [0.2, 0.25) is 0 Å². The molecular weight excluding hydrogens is 322 g/mol. The molecule has 0 spiro atoms. The lowest BCUT2D eigenvalue weighted by molar-refractivity contribution is -0.389. The monoisotopic (exact) mass is 337 g/mol. The van der Waals surface area contributed by atoms with E-state index in [0.717, 1.165) is 11.3 Å². The van der Waals surface area contributed by atoms with Crippen molar-refractivity contribution in [3.63, 3.8) is 0 Å². The number of hydrogen-bond donors (Lipinski definition) is 1. The van der Waals surface area contributed by atoms with Crippen LogP contribution in [0.25, 0.3) is 0 Å². The minimum Gasteiger partial charge on any atom is -0.469 e. The number of anilines is 1. The first-order valence-electron chi connectivity index (χ1n) is 7.45. The average Bonchev–Trinajstić information content (AvgIpc) is 3.11. The molecular formula is C17H15N5O3. The number of nitrogens with zero attached hydrogens (tertiary/aromatic N) is 4. The van der Waals surface area contributed by atoms with Crippen molar-refractivity contribution >= 4 is 17.7 Å². The van der Waals surface area contributed by atoms with Crippen molar-refractivity contribution in [3.8, 4) is 5.75 Å². The maximum Gasteiger partial charge on any atom is 0.390 e. The van der Waals surface area contributed by atoms with Gasteiger partial charge in [-0.15, -0.1) is 4.68 Å². The van der Waals surface area contributed by atoms with Crippen molar-refractivity contribution in [1.29, 1.82) is 0 Å². The molecule has 0 unspecified atom stereocenters. The molecule has 1 heterocycles. The van der Waals surface area contributed by atoms with E-state index in [2.05, 4.69) is 15.6 Å². The van der Waals surface area contributed by atoms with E-state index < -0.39 is 4.92 Å². The average molecular weight is 337 g/mol. The van der Waals surface area contributed by atoms with E-state index in [4.69, 9.17) is 4.74 Å². The second kappa shape index (κ2) is 7.73. The molecule has 0 aliphatic carbocycles. The normalized spacial score (nSPS) is 10.7. The molecule has 126 valence electrons. The van der Waals surface area contributed by atoms with Crippen LogP contribution in [0.4, 0.5) is 11.5 Å². The Morgan fingerprint density at radius 3 is 2.80 bits per heavy atom. The molecule has 0 amide bonds. The second-order valence-corrected chi connectivity index (χ2v) is 5.05. The van der Waals surface area contributed by atoms with Crippen LogP contribution < -0.4 is 10.2 Å². The second-order valence-electron chi connectivity index (χ2n) is 5.05. The number of hydrazone groups is 1. The van der Waals surface area contributed by atoms with Gasteiger partial charge in [0.1, 0.15) is 5.75 Å². The van der Waals surface area contributed by atoms with Gasteiger partial charge in [-0.25, -0.2) is 0 Å². The van der Waals surface area contributed by atoms with Crippen molar-refractivity contribution in [2.75, 3.05) is 5.43 Å². The lowest BCUT2D eigenvalue weighted by Crippen LogP contribution is -2.06. The molecule has 0 aliphatic heterocycles. The van der Waals surface area contributed by atoms with Gasteiger partial charge in [0.25, 0.3) is 0 Å². The highest BCUT2D eigenvalue weighted by atomic mass is 16.6. The SMILES string of the molecule is O=[N+]([O-])c1ccn(COc2cccc(C=NNc3ccccc3)c2)n1. The smallest absolute Gasteiger partial charge is 0.390 e. The molecule has 2 aromatic carbocycles. The van der Waals surface area contributed by atoms with Crippen molar-refractivity contribution in [3.05, 3.63) is 82.5 Å². The zero-order valence-corrected chi connectivity index (χ0v) is 13.1. The van der Waals surface area contributed by atoms with Gasteiger partial charge < -0.3 is 14.9 Å². The van der Waals surface area contributed by atoms with E-state index >= 15 is 0 Å². The Bertz CT molecular complexity index is 877. The quantitative estimate of drug-likeness (QED) is 0.405. The molecule has 0 bridgehead atoms. The summed E-state index contributed by atoms with van der Waals surface area (Å²) >= 11 is 0. The van der Waals surface area contributed by atoms with Crippen LogP contribution in [0.1, 0.15) is 5.56 Å². The van der Waals surface area contributed by atoms with Crippen LogP contribution in [-0.4, -0.2) is 20.9 Å². The number of ether oxygens (including phenoxy) is 1. The standard InChI is InChI=1S/C17H15N5O3/c23-22(24)17-9-10-21(20-17)13-25-16-8-4-5-14(11-16)12-18-19-15-6-2-1-3-7-15/h1-12,19H,13H2. The summed E-state index contributed by atoms with van der Waals surface area (Å²) < 4.78 is 6.94. The molecule has 0 saturated heterocycles. The Hall–Kier alpha value is -3.68. The van der Waals surface area contributed by atoms with Gasteiger partial charge in [-0.05, 0) is 34.8 Å². The minimum absolute atomic E-state index is 0.0801. The van der Waals surface area contributed by atoms with Crippen LogP contribution >= 0.6 is 0 Å². The molecule has 0 atom stereocenters. The van der Waals surface area contributed by atoms with Crippen LogP contribution in [0.3, 0.4) is 0 Å². The van der Waals surface area contributed by atoms with Gasteiger partial charge in [-0.2, -0.15) is 5.10 Å². The molecule has 3 aromatic rings. The van der Waals surface area contributed by atoms with Gasteiger partial charge >= 0.3 is 5.82 Å². The predicted molar refractivity (Wildman–Crippen MR) is 93.6 cm³/mol. The van der Waals surface area contributed by atoms with Crippen molar-refractivity contribution < 1.29 is 9.66 Å². The first-order chi connectivity index (χ1) is 12.2. The third kappa shape index (κ3) is 4.64. The molecule has 0 saturated carbocycles. The van der Waals surface area contributed by atoms with Gasteiger partial charge in [0, 0.05) is 0 Å². The number of aromatic nitrogens is 2. The van der Waals surface area contributed by atoms with Gasteiger partial charge in [0.15, 0.2) is 0 Å². The molecule has 1 aromatic heterocycles. The van der Waals surface area contributed by atoms with E-state index in [0.29, 0.717) is 5.75 Å². The highest BCUT2D eigenvalue weighted by molar-refractivity contribution is 5.80. The fourth-order valence-corrected chi connectivity index (χ4v) is 2.04. The Balaban J connectivity index is 1.58. The van der Waals surface area contributed by atoms with Gasteiger partial charge in [-0.1, -0.05) is 30.3 Å². The van der Waals surface area contributed by atoms with Gasteiger partial charge in [0.05, 0.1) is 29.3 Å². The summed E-state index contributed by atoms with van der Waals surface area (Å²) in [5, 5.41) is 18.6. The van der Waals surface area contributed by atoms with Crippen molar-refractivity contribution in [2.45, 2.75) is 6.73 Å². The number of hydrogen-bond acceptors (Lipinski definition) is 6. The Kier molecular flexibility index (Phi) is 5.01. The molecule has 8 nitrogen and oxygen atoms in total. The molecule has 0 fully saturated rings. The first kappa shape index (κ1) is 16.2. The highest BCUT2D eigenvalue weighted by Gasteiger charge is 2.10. The molecule has 3 rings (SSSR count). The Morgan fingerprint density at radius 2 is 2.04 bits per heavy atom. The van der Waals surface area contributed by atoms with E-state index in [-0.39, 0.29) is 12.5 Å². The summed E-state index contributed by atoms with van der Waals surface area (Å²) in [6.07, 6.45) is 3.17. The number of nitro groups is 1. The third-order valence-electron chi connectivity index (χ3n) is 3.22. The largest absolute Gasteiger partial charge is 0.469 e. The van der Waals surface area contributed by atoms with E-state index in [1.54, 1.807) is 12.3 Å². The van der Waals surface area contributed by atoms with Gasteiger partial charge in [0.2, 0.25) is 6.73 Å². The summed E-state index contributed by atoms with van der Waals surface area (Å²) in [4.78, 5) is 10.1. The number of para-hydroxylation sites is 1. The van der Waals surface area contributed by atoms with Crippen LogP contribution in [0.5, 0.6) is 5.75 Å². The van der Waals surface area contributed by atoms with Crippen molar-refractivity contribution in [1.82, 2.24) is 9.78 Å². The van der Waals surface area contributed by atoms with E-state index in [9.17, 15) is 10.1 Å². The maximum atomic E-state index is 10.6. The molecule has 8 heteroatoms. The summed E-state index contributed by atoms with van der Waals surface area (Å²) in [6, 6.07) is 18.3. The number of benzene rings is 2. The zero-order chi connectivity index (χ0) is 17.5. The Morgan fingerprint density at radius 1 is 1.20 bits per heavy atom. The maximum absolute atomic E-state index is 10.6.